The molecule has 3 heteroatoms. The van der Waals surface area contributed by atoms with Crippen LogP contribution in [0.25, 0.3) is 0 Å². The van der Waals surface area contributed by atoms with Gasteiger partial charge in [0.05, 0.1) is 6.10 Å². The van der Waals surface area contributed by atoms with Crippen molar-refractivity contribution < 1.29 is 9.53 Å². The van der Waals surface area contributed by atoms with E-state index in [9.17, 15) is 4.79 Å². The first-order valence-electron chi connectivity index (χ1n) is 7.98. The highest BCUT2D eigenvalue weighted by Crippen LogP contribution is 2.38. The molecule has 0 bridgehead atoms. The van der Waals surface area contributed by atoms with Crippen LogP contribution in [0.2, 0.25) is 0 Å². The molecule has 2 fully saturated rings. The normalized spacial score (nSPS) is 35.7. The standard InChI is InChI=1S/C16H29NO2/c1-3-17(11-15-5-4-10-19-15)12-16(13-18)8-6-14(2)7-9-16/h13-15H,3-12H2,1-2H3. The van der Waals surface area contributed by atoms with Crippen LogP contribution in [0.1, 0.15) is 52.4 Å². The maximum atomic E-state index is 11.6. The second-order valence-corrected chi connectivity index (χ2v) is 6.63. The highest BCUT2D eigenvalue weighted by Gasteiger charge is 2.36. The van der Waals surface area contributed by atoms with Crippen molar-refractivity contribution in [2.45, 2.75) is 58.5 Å². The molecule has 0 aromatic heterocycles. The predicted molar refractivity (Wildman–Crippen MR) is 77.2 cm³/mol. The summed E-state index contributed by atoms with van der Waals surface area (Å²) in [7, 11) is 0. The van der Waals surface area contributed by atoms with Crippen LogP contribution >= 0.6 is 0 Å². The molecule has 1 heterocycles. The number of carbonyl (C=O) groups excluding carboxylic acids is 1. The molecule has 0 aromatic carbocycles. The van der Waals surface area contributed by atoms with Gasteiger partial charge in [-0.25, -0.2) is 0 Å². The van der Waals surface area contributed by atoms with Gasteiger partial charge in [0, 0.05) is 25.1 Å². The molecule has 1 aliphatic carbocycles. The van der Waals surface area contributed by atoms with Crippen molar-refractivity contribution in [3.8, 4) is 0 Å². The minimum atomic E-state index is -0.0822. The van der Waals surface area contributed by atoms with Crippen molar-refractivity contribution in [3.05, 3.63) is 0 Å². The average molecular weight is 267 g/mol. The Labute approximate surface area is 117 Å². The van der Waals surface area contributed by atoms with E-state index in [-0.39, 0.29) is 5.41 Å². The number of nitrogens with zero attached hydrogens (tertiary/aromatic N) is 1. The number of carbonyl (C=O) groups is 1. The Hall–Kier alpha value is -0.410. The van der Waals surface area contributed by atoms with E-state index in [0.717, 1.165) is 45.0 Å². The van der Waals surface area contributed by atoms with E-state index in [0.29, 0.717) is 6.10 Å². The van der Waals surface area contributed by atoms with Gasteiger partial charge in [0.1, 0.15) is 6.29 Å². The molecule has 3 nitrogen and oxygen atoms in total. The molecule has 1 unspecified atom stereocenters. The SMILES string of the molecule is CCN(CC1CCCO1)CC1(C=O)CCC(C)CC1. The molecule has 0 radical (unpaired) electrons. The third-order valence-corrected chi connectivity index (χ3v) is 4.99. The topological polar surface area (TPSA) is 29.5 Å². The molecule has 0 amide bonds. The Bertz CT molecular complexity index is 278. The zero-order chi connectivity index (χ0) is 13.7. The van der Waals surface area contributed by atoms with Crippen molar-refractivity contribution in [2.75, 3.05) is 26.2 Å². The lowest BCUT2D eigenvalue weighted by atomic mass is 9.71. The fourth-order valence-corrected chi connectivity index (χ4v) is 3.48. The summed E-state index contributed by atoms with van der Waals surface area (Å²) in [4.78, 5) is 14.1. The highest BCUT2D eigenvalue weighted by atomic mass is 16.5. The minimum absolute atomic E-state index is 0.0822. The van der Waals surface area contributed by atoms with Gasteiger partial charge in [0.2, 0.25) is 0 Å². The lowest BCUT2D eigenvalue weighted by Crippen LogP contribution is -2.43. The zero-order valence-electron chi connectivity index (χ0n) is 12.6. The van der Waals surface area contributed by atoms with Crippen LogP contribution in [0.5, 0.6) is 0 Å². The molecule has 1 aliphatic heterocycles. The van der Waals surface area contributed by atoms with Crippen molar-refractivity contribution >= 4 is 6.29 Å². The number of ether oxygens (including phenoxy) is 1. The van der Waals surface area contributed by atoms with Gasteiger partial charge in [0.15, 0.2) is 0 Å². The summed E-state index contributed by atoms with van der Waals surface area (Å²) in [6.07, 6.45) is 8.56. The summed E-state index contributed by atoms with van der Waals surface area (Å²) in [5.41, 5.74) is -0.0822. The van der Waals surface area contributed by atoms with E-state index in [1.165, 1.54) is 32.0 Å². The van der Waals surface area contributed by atoms with Gasteiger partial charge in [-0.3, -0.25) is 0 Å². The first-order chi connectivity index (χ1) is 9.17. The van der Waals surface area contributed by atoms with Gasteiger partial charge in [0.25, 0.3) is 0 Å². The van der Waals surface area contributed by atoms with Gasteiger partial charge in [-0.15, -0.1) is 0 Å². The van der Waals surface area contributed by atoms with Gasteiger partial charge in [-0.2, -0.15) is 0 Å². The molecule has 2 rings (SSSR count). The van der Waals surface area contributed by atoms with Crippen molar-refractivity contribution in [1.29, 1.82) is 0 Å². The molecule has 1 atom stereocenters. The van der Waals surface area contributed by atoms with Crippen molar-refractivity contribution in [3.63, 3.8) is 0 Å². The minimum Gasteiger partial charge on any atom is -0.377 e. The van der Waals surface area contributed by atoms with E-state index in [1.54, 1.807) is 0 Å². The maximum absolute atomic E-state index is 11.6. The van der Waals surface area contributed by atoms with E-state index in [2.05, 4.69) is 18.7 Å². The van der Waals surface area contributed by atoms with Crippen LogP contribution in [-0.4, -0.2) is 43.5 Å². The Kier molecular flexibility index (Phi) is 5.40. The third-order valence-electron chi connectivity index (χ3n) is 4.99. The Morgan fingerprint density at radius 1 is 1.32 bits per heavy atom. The van der Waals surface area contributed by atoms with Gasteiger partial charge in [-0.1, -0.05) is 13.8 Å². The van der Waals surface area contributed by atoms with Crippen LogP contribution in [0.15, 0.2) is 0 Å². The highest BCUT2D eigenvalue weighted by molar-refractivity contribution is 5.60. The number of aldehydes is 1. The van der Waals surface area contributed by atoms with E-state index < -0.39 is 0 Å². The lowest BCUT2D eigenvalue weighted by molar-refractivity contribution is -0.119. The van der Waals surface area contributed by atoms with Crippen molar-refractivity contribution in [1.82, 2.24) is 4.90 Å². The number of hydrogen-bond acceptors (Lipinski definition) is 3. The summed E-state index contributed by atoms with van der Waals surface area (Å²) in [6.45, 7) is 8.36. The summed E-state index contributed by atoms with van der Waals surface area (Å²) < 4.78 is 5.73. The summed E-state index contributed by atoms with van der Waals surface area (Å²) >= 11 is 0. The van der Waals surface area contributed by atoms with Crippen LogP contribution in [-0.2, 0) is 9.53 Å². The quantitative estimate of drug-likeness (QED) is 0.693. The lowest BCUT2D eigenvalue weighted by Gasteiger charge is -2.39. The first kappa shape index (κ1) is 15.0. The van der Waals surface area contributed by atoms with E-state index in [4.69, 9.17) is 4.74 Å². The number of likely N-dealkylation sites (N-methyl/N-ethyl adjacent to an activating group) is 1. The number of hydrogen-bond donors (Lipinski definition) is 0. The third kappa shape index (κ3) is 4.03. The van der Waals surface area contributed by atoms with Gasteiger partial charge in [-0.05, 0) is 51.0 Å². The molecule has 0 spiro atoms. The maximum Gasteiger partial charge on any atom is 0.127 e. The predicted octanol–water partition coefficient (Wildman–Crippen LogP) is 2.88. The van der Waals surface area contributed by atoms with Crippen LogP contribution in [0.4, 0.5) is 0 Å². The van der Waals surface area contributed by atoms with Crippen LogP contribution in [0.3, 0.4) is 0 Å². The fraction of sp³-hybridized carbons (Fsp3) is 0.938. The second kappa shape index (κ2) is 6.85. The Morgan fingerprint density at radius 2 is 2.05 bits per heavy atom. The smallest absolute Gasteiger partial charge is 0.127 e. The number of rotatable bonds is 6. The van der Waals surface area contributed by atoms with E-state index in [1.807, 2.05) is 0 Å². The second-order valence-electron chi connectivity index (χ2n) is 6.63. The molecule has 2 aliphatic rings. The monoisotopic (exact) mass is 267 g/mol. The molecule has 1 saturated carbocycles. The zero-order valence-corrected chi connectivity index (χ0v) is 12.6. The summed E-state index contributed by atoms with van der Waals surface area (Å²) in [6, 6.07) is 0. The average Bonchev–Trinajstić information content (AvgIpc) is 2.94. The molecule has 1 saturated heterocycles. The molecule has 110 valence electrons. The van der Waals surface area contributed by atoms with Gasteiger partial charge < -0.3 is 14.4 Å². The Morgan fingerprint density at radius 3 is 2.58 bits per heavy atom. The molecule has 0 N–H and O–H groups in total. The molecular weight excluding hydrogens is 238 g/mol. The fourth-order valence-electron chi connectivity index (χ4n) is 3.48. The van der Waals surface area contributed by atoms with Crippen LogP contribution < -0.4 is 0 Å². The molecule has 0 aromatic rings. The largest absolute Gasteiger partial charge is 0.377 e. The Balaban J connectivity index is 1.89. The summed E-state index contributed by atoms with van der Waals surface area (Å²) in [5, 5.41) is 0. The van der Waals surface area contributed by atoms with Gasteiger partial charge >= 0.3 is 0 Å². The van der Waals surface area contributed by atoms with Crippen LogP contribution in [0, 0.1) is 11.3 Å². The van der Waals surface area contributed by atoms with E-state index >= 15 is 0 Å². The summed E-state index contributed by atoms with van der Waals surface area (Å²) in [5.74, 6) is 0.793. The van der Waals surface area contributed by atoms with Crippen molar-refractivity contribution in [2.24, 2.45) is 11.3 Å². The molecule has 19 heavy (non-hydrogen) atoms. The molecular formula is C16H29NO2. The first-order valence-corrected chi connectivity index (χ1v) is 7.98.